The molecule has 1 amide bonds. The molecule has 0 fully saturated rings. The fourth-order valence-corrected chi connectivity index (χ4v) is 1.66. The molecule has 3 N–H and O–H groups in total. The Labute approximate surface area is 113 Å². The smallest absolute Gasteiger partial charge is 0.258 e. The molecule has 98 valence electrons. The third-order valence-electron chi connectivity index (χ3n) is 2.40. The van der Waals surface area contributed by atoms with Crippen LogP contribution in [0.15, 0.2) is 36.4 Å². The van der Waals surface area contributed by atoms with Crippen LogP contribution in [-0.2, 0) is 0 Å². The monoisotopic (exact) mass is 282 g/mol. The number of carbonyl (C=O) groups is 1. The van der Waals surface area contributed by atoms with Crippen molar-refractivity contribution in [1.29, 1.82) is 0 Å². The lowest BCUT2D eigenvalue weighted by molar-refractivity contribution is 0.102. The molecule has 0 aromatic heterocycles. The van der Waals surface area contributed by atoms with Gasteiger partial charge >= 0.3 is 0 Å². The molecule has 0 aliphatic rings. The number of nitrogens with two attached hydrogens (primary N) is 1. The molecule has 0 aliphatic heterocycles. The molecule has 19 heavy (non-hydrogen) atoms. The lowest BCUT2D eigenvalue weighted by Gasteiger charge is -2.07. The average molecular weight is 283 g/mol. The molecule has 0 radical (unpaired) electrons. The van der Waals surface area contributed by atoms with Crippen LogP contribution in [0.1, 0.15) is 10.4 Å². The van der Waals surface area contributed by atoms with Crippen molar-refractivity contribution in [2.24, 2.45) is 0 Å². The number of benzene rings is 2. The van der Waals surface area contributed by atoms with Gasteiger partial charge in [-0.25, -0.2) is 8.78 Å². The van der Waals surface area contributed by atoms with Crippen LogP contribution in [-0.4, -0.2) is 5.91 Å². The van der Waals surface area contributed by atoms with Crippen LogP contribution in [0.4, 0.5) is 20.2 Å². The third-order valence-corrected chi connectivity index (χ3v) is 2.69. The average Bonchev–Trinajstić information content (AvgIpc) is 2.33. The SMILES string of the molecule is Nc1cccc(NC(=O)c2cc(F)c(Cl)cc2F)c1. The Hall–Kier alpha value is -2.14. The second-order valence-corrected chi connectivity index (χ2v) is 4.23. The second-order valence-electron chi connectivity index (χ2n) is 3.83. The minimum Gasteiger partial charge on any atom is -0.399 e. The zero-order valence-electron chi connectivity index (χ0n) is 9.58. The molecular weight excluding hydrogens is 274 g/mol. The van der Waals surface area contributed by atoms with Gasteiger partial charge in [0, 0.05) is 11.4 Å². The first-order valence-corrected chi connectivity index (χ1v) is 5.66. The van der Waals surface area contributed by atoms with E-state index in [2.05, 4.69) is 5.32 Å². The number of hydrogen-bond acceptors (Lipinski definition) is 2. The number of nitrogen functional groups attached to an aromatic ring is 1. The summed E-state index contributed by atoms with van der Waals surface area (Å²) in [5.41, 5.74) is 5.95. The highest BCUT2D eigenvalue weighted by molar-refractivity contribution is 6.30. The first-order valence-electron chi connectivity index (χ1n) is 5.29. The summed E-state index contributed by atoms with van der Waals surface area (Å²) in [6.45, 7) is 0. The topological polar surface area (TPSA) is 55.1 Å². The Morgan fingerprint density at radius 1 is 1.16 bits per heavy atom. The van der Waals surface area contributed by atoms with Crippen molar-refractivity contribution in [1.82, 2.24) is 0 Å². The van der Waals surface area contributed by atoms with Crippen molar-refractivity contribution >= 4 is 28.9 Å². The maximum Gasteiger partial charge on any atom is 0.258 e. The summed E-state index contributed by atoms with van der Waals surface area (Å²) < 4.78 is 26.8. The van der Waals surface area contributed by atoms with Crippen molar-refractivity contribution < 1.29 is 13.6 Å². The normalized spacial score (nSPS) is 10.3. The molecule has 0 spiro atoms. The predicted molar refractivity (Wildman–Crippen MR) is 70.2 cm³/mol. The minimum absolute atomic E-state index is 0.377. The Balaban J connectivity index is 2.28. The summed E-state index contributed by atoms with van der Waals surface area (Å²) in [4.78, 5) is 11.8. The van der Waals surface area contributed by atoms with Gasteiger partial charge in [-0.2, -0.15) is 0 Å². The highest BCUT2D eigenvalue weighted by Crippen LogP contribution is 2.20. The summed E-state index contributed by atoms with van der Waals surface area (Å²) in [7, 11) is 0. The number of rotatable bonds is 2. The van der Waals surface area contributed by atoms with Crippen LogP contribution < -0.4 is 11.1 Å². The van der Waals surface area contributed by atoms with Crippen molar-refractivity contribution in [3.05, 3.63) is 58.6 Å². The van der Waals surface area contributed by atoms with Gasteiger partial charge in [-0.15, -0.1) is 0 Å². The van der Waals surface area contributed by atoms with Crippen molar-refractivity contribution in [2.45, 2.75) is 0 Å². The largest absolute Gasteiger partial charge is 0.399 e. The molecule has 0 atom stereocenters. The van der Waals surface area contributed by atoms with Crippen LogP contribution >= 0.6 is 11.6 Å². The van der Waals surface area contributed by atoms with Crippen LogP contribution in [0.2, 0.25) is 5.02 Å². The van der Waals surface area contributed by atoms with Crippen molar-refractivity contribution in [3.8, 4) is 0 Å². The number of carbonyl (C=O) groups excluding carboxylic acids is 1. The third kappa shape index (κ3) is 3.00. The van der Waals surface area contributed by atoms with E-state index in [4.69, 9.17) is 17.3 Å². The molecule has 0 saturated heterocycles. The summed E-state index contributed by atoms with van der Waals surface area (Å²) in [5, 5.41) is 2.04. The lowest BCUT2D eigenvalue weighted by atomic mass is 10.2. The summed E-state index contributed by atoms with van der Waals surface area (Å²) in [6.07, 6.45) is 0. The van der Waals surface area contributed by atoms with Gasteiger partial charge < -0.3 is 11.1 Å². The van der Waals surface area contributed by atoms with E-state index in [1.165, 1.54) is 6.07 Å². The first kappa shape index (κ1) is 13.3. The molecule has 0 bridgehead atoms. The highest BCUT2D eigenvalue weighted by Gasteiger charge is 2.15. The van der Waals surface area contributed by atoms with E-state index < -0.39 is 23.1 Å². The van der Waals surface area contributed by atoms with E-state index in [0.29, 0.717) is 11.4 Å². The summed E-state index contributed by atoms with van der Waals surface area (Å²) in [5.74, 6) is -2.53. The second kappa shape index (κ2) is 5.24. The number of halogens is 3. The van der Waals surface area contributed by atoms with Gasteiger partial charge in [-0.1, -0.05) is 17.7 Å². The van der Waals surface area contributed by atoms with Crippen molar-refractivity contribution in [2.75, 3.05) is 11.1 Å². The van der Waals surface area contributed by atoms with Gasteiger partial charge in [0.1, 0.15) is 11.6 Å². The Kier molecular flexibility index (Phi) is 3.66. The molecule has 0 unspecified atom stereocenters. The number of anilines is 2. The van der Waals surface area contributed by atoms with Crippen LogP contribution in [0, 0.1) is 11.6 Å². The van der Waals surface area contributed by atoms with Gasteiger partial charge in [0.15, 0.2) is 0 Å². The van der Waals surface area contributed by atoms with Crippen LogP contribution in [0.3, 0.4) is 0 Å². The van der Waals surface area contributed by atoms with Gasteiger partial charge in [-0.3, -0.25) is 4.79 Å². The van der Waals surface area contributed by atoms with E-state index in [1.54, 1.807) is 18.2 Å². The number of hydrogen-bond donors (Lipinski definition) is 2. The maximum absolute atomic E-state index is 13.5. The van der Waals surface area contributed by atoms with E-state index >= 15 is 0 Å². The van der Waals surface area contributed by atoms with Crippen molar-refractivity contribution in [3.63, 3.8) is 0 Å². The quantitative estimate of drug-likeness (QED) is 0.655. The molecule has 2 rings (SSSR count). The van der Waals surface area contributed by atoms with E-state index in [1.807, 2.05) is 0 Å². The zero-order chi connectivity index (χ0) is 14.0. The van der Waals surface area contributed by atoms with E-state index in [9.17, 15) is 13.6 Å². The first-order chi connectivity index (χ1) is 8.97. The molecular formula is C13H9ClF2N2O. The summed E-state index contributed by atoms with van der Waals surface area (Å²) >= 11 is 5.41. The van der Waals surface area contributed by atoms with Gasteiger partial charge in [0.25, 0.3) is 5.91 Å². The molecule has 6 heteroatoms. The standard InChI is InChI=1S/C13H9ClF2N2O/c14-10-6-11(15)9(5-12(10)16)13(19)18-8-3-1-2-7(17)4-8/h1-6H,17H2,(H,18,19). The van der Waals surface area contributed by atoms with E-state index in [-0.39, 0.29) is 5.02 Å². The van der Waals surface area contributed by atoms with Gasteiger partial charge in [0.2, 0.25) is 0 Å². The van der Waals surface area contributed by atoms with Crippen LogP contribution in [0.25, 0.3) is 0 Å². The van der Waals surface area contributed by atoms with Gasteiger partial charge in [-0.05, 0) is 30.3 Å². The molecule has 2 aromatic carbocycles. The number of nitrogens with one attached hydrogen (secondary N) is 1. The number of amides is 1. The highest BCUT2D eigenvalue weighted by atomic mass is 35.5. The minimum atomic E-state index is -0.896. The molecule has 3 nitrogen and oxygen atoms in total. The lowest BCUT2D eigenvalue weighted by Crippen LogP contribution is -2.14. The van der Waals surface area contributed by atoms with Crippen LogP contribution in [0.5, 0.6) is 0 Å². The fraction of sp³-hybridized carbons (Fsp3) is 0. The molecule has 0 aliphatic carbocycles. The van der Waals surface area contributed by atoms with Gasteiger partial charge in [0.05, 0.1) is 10.6 Å². The Morgan fingerprint density at radius 2 is 1.89 bits per heavy atom. The fourth-order valence-electron chi connectivity index (χ4n) is 1.51. The Bertz CT molecular complexity index is 647. The van der Waals surface area contributed by atoms with E-state index in [0.717, 1.165) is 12.1 Å². The summed E-state index contributed by atoms with van der Waals surface area (Å²) in [6, 6.07) is 7.85. The Morgan fingerprint density at radius 3 is 2.58 bits per heavy atom. The zero-order valence-corrected chi connectivity index (χ0v) is 10.3. The molecule has 0 heterocycles. The molecule has 0 saturated carbocycles. The maximum atomic E-state index is 13.5. The predicted octanol–water partition coefficient (Wildman–Crippen LogP) is 3.45. The molecule has 2 aromatic rings.